The maximum absolute atomic E-state index is 14.1. The number of halogens is 1. The van der Waals surface area contributed by atoms with Crippen LogP contribution < -0.4 is 9.28 Å². The maximum Gasteiger partial charge on any atom is 0.320 e. The minimum absolute atomic E-state index is 0.0380. The number of nitrogens with zero attached hydrogens (tertiary/aromatic N) is 3. The third kappa shape index (κ3) is 5.38. The van der Waals surface area contributed by atoms with Crippen molar-refractivity contribution in [3.05, 3.63) is 74.3 Å². The van der Waals surface area contributed by atoms with Crippen molar-refractivity contribution in [2.24, 2.45) is 12.0 Å². The van der Waals surface area contributed by atoms with Crippen LogP contribution in [0.3, 0.4) is 0 Å². The molecule has 206 valence electrons. The van der Waals surface area contributed by atoms with Gasteiger partial charge in [-0.2, -0.15) is 11.3 Å². The van der Waals surface area contributed by atoms with Gasteiger partial charge in [-0.15, -0.1) is 0 Å². The lowest BCUT2D eigenvalue weighted by Gasteiger charge is -2.38. The number of hydrogen-bond acceptors (Lipinski definition) is 7. The second-order valence-electron chi connectivity index (χ2n) is 9.91. The van der Waals surface area contributed by atoms with Crippen molar-refractivity contribution in [3.63, 3.8) is 0 Å². The quantitative estimate of drug-likeness (QED) is 0.284. The smallest absolute Gasteiger partial charge is 0.320 e. The van der Waals surface area contributed by atoms with Gasteiger partial charge in [0.2, 0.25) is 5.00 Å². The Morgan fingerprint density at radius 3 is 2.54 bits per heavy atom. The van der Waals surface area contributed by atoms with Crippen LogP contribution in [0.5, 0.6) is 0 Å². The molecule has 1 unspecified atom stereocenters. The van der Waals surface area contributed by atoms with Gasteiger partial charge in [-0.3, -0.25) is 4.99 Å². The SMILES string of the molecule is CN=c1sc([N+]2(C(=O)CCS(=O)(=O)c3ccc4cc(Cl)ccc4c3)CCCCC2)c(C(O)c2ccsc2)n1C. The molecule has 7 nitrogen and oxygen atoms in total. The molecular weight excluding hydrogens is 574 g/mol. The van der Waals surface area contributed by atoms with Gasteiger partial charge in [0.25, 0.3) is 0 Å². The molecule has 1 aliphatic rings. The predicted molar refractivity (Wildman–Crippen MR) is 159 cm³/mol. The summed E-state index contributed by atoms with van der Waals surface area (Å²) >= 11 is 8.98. The van der Waals surface area contributed by atoms with Gasteiger partial charge >= 0.3 is 5.91 Å². The lowest BCUT2D eigenvalue weighted by atomic mass is 10.0. The van der Waals surface area contributed by atoms with Gasteiger partial charge in [0.15, 0.2) is 14.6 Å². The number of sulfone groups is 1. The number of piperidine rings is 1. The number of aliphatic hydroxyl groups excluding tert-OH is 1. The first-order valence-electron chi connectivity index (χ1n) is 12.8. The molecule has 0 saturated carbocycles. The molecule has 2 aromatic carbocycles. The molecule has 3 heterocycles. The zero-order valence-corrected chi connectivity index (χ0v) is 25.0. The summed E-state index contributed by atoms with van der Waals surface area (Å²) in [5.41, 5.74) is 1.41. The van der Waals surface area contributed by atoms with Crippen LogP contribution in [0.25, 0.3) is 10.8 Å². The number of aliphatic hydroxyl groups is 1. The predicted octanol–water partition coefficient (Wildman–Crippen LogP) is 5.45. The summed E-state index contributed by atoms with van der Waals surface area (Å²) in [6.07, 6.45) is 1.68. The van der Waals surface area contributed by atoms with Crippen LogP contribution in [0, 0.1) is 0 Å². The molecule has 1 fully saturated rings. The van der Waals surface area contributed by atoms with E-state index < -0.39 is 15.9 Å². The van der Waals surface area contributed by atoms with Crippen LogP contribution in [0.4, 0.5) is 5.00 Å². The molecule has 0 bridgehead atoms. The molecule has 1 aliphatic heterocycles. The summed E-state index contributed by atoms with van der Waals surface area (Å²) in [5.74, 6) is -0.426. The van der Waals surface area contributed by atoms with Gasteiger partial charge in [0.05, 0.1) is 30.2 Å². The minimum atomic E-state index is -3.71. The van der Waals surface area contributed by atoms with Crippen molar-refractivity contribution >= 4 is 65.8 Å². The molecule has 4 aromatic rings. The van der Waals surface area contributed by atoms with Crippen molar-refractivity contribution in [3.8, 4) is 0 Å². The number of likely N-dealkylation sites (tertiary alicyclic amines) is 1. The molecule has 1 atom stereocenters. The molecule has 0 aliphatic carbocycles. The Morgan fingerprint density at radius 2 is 1.85 bits per heavy atom. The van der Waals surface area contributed by atoms with E-state index in [1.54, 1.807) is 43.4 Å². The van der Waals surface area contributed by atoms with Crippen LogP contribution in [-0.2, 0) is 21.7 Å². The number of carbonyl (C=O) groups excluding carboxylic acids is 1. The Bertz CT molecular complexity index is 1680. The normalized spacial score (nSPS) is 17.0. The van der Waals surface area contributed by atoms with Crippen molar-refractivity contribution in [1.82, 2.24) is 9.05 Å². The van der Waals surface area contributed by atoms with Crippen molar-refractivity contribution < 1.29 is 18.3 Å². The van der Waals surface area contributed by atoms with E-state index in [4.69, 9.17) is 11.6 Å². The summed E-state index contributed by atoms with van der Waals surface area (Å²) in [5, 5.41) is 18.2. The molecule has 0 radical (unpaired) electrons. The zero-order chi connectivity index (χ0) is 27.8. The lowest BCUT2D eigenvalue weighted by molar-refractivity contribution is -0.130. The van der Waals surface area contributed by atoms with Crippen molar-refractivity contribution in [2.75, 3.05) is 25.9 Å². The molecule has 39 heavy (non-hydrogen) atoms. The Kier molecular flexibility index (Phi) is 8.15. The highest BCUT2D eigenvalue weighted by molar-refractivity contribution is 7.91. The number of rotatable bonds is 7. The number of amides is 1. The minimum Gasteiger partial charge on any atom is -0.382 e. The molecule has 5 rings (SSSR count). The highest BCUT2D eigenvalue weighted by Gasteiger charge is 2.45. The highest BCUT2D eigenvalue weighted by Crippen LogP contribution is 2.40. The molecule has 1 N–H and O–H groups in total. The number of aromatic nitrogens is 1. The number of thiophene rings is 1. The average molecular weight is 605 g/mol. The first-order chi connectivity index (χ1) is 18.7. The van der Waals surface area contributed by atoms with E-state index in [0.717, 1.165) is 40.6 Å². The van der Waals surface area contributed by atoms with E-state index in [1.807, 2.05) is 28.4 Å². The van der Waals surface area contributed by atoms with Crippen LogP contribution in [0.15, 0.2) is 63.1 Å². The fraction of sp³-hybridized carbons (Fsp3) is 0.357. The van der Waals surface area contributed by atoms with Gasteiger partial charge < -0.3 is 9.67 Å². The largest absolute Gasteiger partial charge is 0.382 e. The van der Waals surface area contributed by atoms with E-state index in [9.17, 15) is 18.3 Å². The Hall–Kier alpha value is -2.34. The van der Waals surface area contributed by atoms with Crippen molar-refractivity contribution in [1.29, 1.82) is 0 Å². The second-order valence-corrected chi connectivity index (χ2v) is 14.2. The van der Waals surface area contributed by atoms with E-state index in [2.05, 4.69) is 4.99 Å². The summed E-state index contributed by atoms with van der Waals surface area (Å²) < 4.78 is 28.6. The lowest BCUT2D eigenvalue weighted by Crippen LogP contribution is -2.57. The van der Waals surface area contributed by atoms with Crippen LogP contribution >= 0.6 is 34.3 Å². The number of carbonyl (C=O) groups is 1. The molecule has 1 saturated heterocycles. The Balaban J connectivity index is 1.49. The van der Waals surface area contributed by atoms with Gasteiger partial charge in [0, 0.05) is 19.1 Å². The first-order valence-corrected chi connectivity index (χ1v) is 16.6. The molecule has 2 aromatic heterocycles. The van der Waals surface area contributed by atoms with Gasteiger partial charge in [-0.05, 0) is 88.0 Å². The first kappa shape index (κ1) is 28.2. The summed E-state index contributed by atoms with van der Waals surface area (Å²) in [4.78, 5) is 19.4. The van der Waals surface area contributed by atoms with E-state index in [1.165, 1.54) is 22.7 Å². The van der Waals surface area contributed by atoms with Crippen LogP contribution in [-0.4, -0.2) is 49.9 Å². The zero-order valence-electron chi connectivity index (χ0n) is 21.8. The number of thiazole rings is 1. The molecule has 11 heteroatoms. The van der Waals surface area contributed by atoms with Crippen molar-refractivity contribution in [2.45, 2.75) is 36.7 Å². The third-order valence-electron chi connectivity index (χ3n) is 7.53. The Labute approximate surface area is 241 Å². The fourth-order valence-electron chi connectivity index (χ4n) is 5.40. The van der Waals surface area contributed by atoms with E-state index in [0.29, 0.717) is 28.6 Å². The third-order valence-corrected chi connectivity index (χ3v) is 11.6. The number of hydrogen-bond donors (Lipinski definition) is 1. The topological polar surface area (TPSA) is 88.7 Å². The fourth-order valence-corrected chi connectivity index (χ4v) is 8.84. The van der Waals surface area contributed by atoms with Crippen LogP contribution in [0.2, 0.25) is 5.02 Å². The Morgan fingerprint density at radius 1 is 1.13 bits per heavy atom. The average Bonchev–Trinajstić information content (AvgIpc) is 3.60. The monoisotopic (exact) mass is 604 g/mol. The summed E-state index contributed by atoms with van der Waals surface area (Å²) in [6.45, 7) is 1.14. The van der Waals surface area contributed by atoms with Gasteiger partial charge in [-0.25, -0.2) is 17.7 Å². The molecule has 0 spiro atoms. The number of fused-ring (bicyclic) bond motifs is 1. The molecular formula is C28H31ClN3O4S3+. The standard InChI is InChI=1S/C28H31ClN3O4S3/c1-30-28-31(2)25(26(34)21-10-14-37-18-21)27(38-28)32(12-4-3-5-13-32)24(33)11-15-39(35,36)23-9-7-19-16-22(29)8-6-20(19)17-23/h6-10,14,16-18,26,34H,3-5,11-13,15H2,1-2H3/q+1. The van der Waals surface area contributed by atoms with Crippen LogP contribution in [0.1, 0.15) is 43.0 Å². The second kappa shape index (κ2) is 11.3. The summed E-state index contributed by atoms with van der Waals surface area (Å²) in [7, 11) is -0.152. The molecule has 1 amide bonds. The van der Waals surface area contributed by atoms with E-state index in [-0.39, 0.29) is 27.5 Å². The number of benzene rings is 2. The van der Waals surface area contributed by atoms with E-state index >= 15 is 0 Å². The van der Waals surface area contributed by atoms with Gasteiger partial charge in [0.1, 0.15) is 11.8 Å². The maximum atomic E-state index is 14.1. The van der Waals surface area contributed by atoms with Gasteiger partial charge in [-0.1, -0.05) is 23.7 Å². The summed E-state index contributed by atoms with van der Waals surface area (Å²) in [6, 6.07) is 12.2. The number of quaternary nitrogens is 1. The highest BCUT2D eigenvalue weighted by atomic mass is 35.5.